The molecule has 2 N–H and O–H groups in total. The van der Waals surface area contributed by atoms with Crippen LogP contribution in [0, 0.1) is 0 Å². The van der Waals surface area contributed by atoms with Crippen LogP contribution in [0.15, 0.2) is 10.5 Å². The van der Waals surface area contributed by atoms with Crippen molar-refractivity contribution in [2.45, 2.75) is 82.8 Å². The molecular formula is C23H26F6N4O7. The maximum absolute atomic E-state index is 14.1. The number of amides is 2. The average molecular weight is 586 g/mol. The molecule has 0 saturated carbocycles. The highest BCUT2D eigenvalue weighted by Crippen LogP contribution is 2.45. The van der Waals surface area contributed by atoms with Crippen molar-refractivity contribution in [2.75, 3.05) is 11.5 Å². The Kier molecular flexibility index (Phi) is 8.27. The van der Waals surface area contributed by atoms with Crippen molar-refractivity contribution in [2.24, 2.45) is 0 Å². The van der Waals surface area contributed by atoms with Gasteiger partial charge >= 0.3 is 24.5 Å². The number of pyridine rings is 1. The van der Waals surface area contributed by atoms with Crippen LogP contribution in [0.3, 0.4) is 0 Å². The summed E-state index contributed by atoms with van der Waals surface area (Å²) in [4.78, 5) is 28.1. The first-order valence-electron chi connectivity index (χ1n) is 13.0. The lowest BCUT2D eigenvalue weighted by molar-refractivity contribution is -0.277. The lowest BCUT2D eigenvalue weighted by Gasteiger charge is -2.27. The quantitative estimate of drug-likeness (QED) is 0.320. The first-order chi connectivity index (χ1) is 19.4. The summed E-state index contributed by atoms with van der Waals surface area (Å²) in [6.07, 6.45) is -20.3. The summed E-state index contributed by atoms with van der Waals surface area (Å²) >= 11 is 0. The number of carbonyl (C=O) groups excluding carboxylic acids is 1. The van der Waals surface area contributed by atoms with Crippen molar-refractivity contribution in [3.05, 3.63) is 17.5 Å². The topological polar surface area (TPSA) is 148 Å². The molecule has 4 bridgehead atoms. The van der Waals surface area contributed by atoms with Gasteiger partial charge in [-0.25, -0.2) is 14.6 Å². The molecule has 1 aliphatic heterocycles. The van der Waals surface area contributed by atoms with Gasteiger partial charge in [-0.05, 0) is 45.1 Å². The smallest absolute Gasteiger partial charge is 0.426 e. The van der Waals surface area contributed by atoms with Gasteiger partial charge in [-0.2, -0.15) is 31.2 Å². The van der Waals surface area contributed by atoms with Crippen molar-refractivity contribution in [1.29, 1.82) is 0 Å². The number of hydrogen-bond acceptors (Lipinski definition) is 9. The van der Waals surface area contributed by atoms with E-state index in [-0.39, 0.29) is 36.8 Å². The van der Waals surface area contributed by atoms with Gasteiger partial charge in [0, 0.05) is 2.74 Å². The molecule has 2 aromatic rings. The van der Waals surface area contributed by atoms with Crippen molar-refractivity contribution in [3.63, 3.8) is 0 Å². The second kappa shape index (κ2) is 11.9. The van der Waals surface area contributed by atoms with Crippen LogP contribution >= 0.6 is 0 Å². The molecule has 0 saturated heterocycles. The highest BCUT2D eigenvalue weighted by Gasteiger charge is 2.58. The van der Waals surface area contributed by atoms with Crippen LogP contribution in [0.1, 0.15) is 72.9 Å². The van der Waals surface area contributed by atoms with Gasteiger partial charge in [0.1, 0.15) is 5.56 Å². The minimum Gasteiger partial charge on any atom is -0.474 e. The van der Waals surface area contributed by atoms with Crippen LogP contribution in [-0.4, -0.2) is 56.5 Å². The van der Waals surface area contributed by atoms with Crippen LogP contribution in [-0.2, 0) is 16.5 Å². The molecule has 3 heterocycles. The number of halogens is 6. The number of anilines is 1. The molecule has 0 spiro atoms. The van der Waals surface area contributed by atoms with Crippen molar-refractivity contribution >= 4 is 17.9 Å². The number of aliphatic hydroxyl groups is 1. The molecule has 222 valence electrons. The monoisotopic (exact) mass is 586 g/mol. The Morgan fingerprint density at radius 1 is 1.25 bits per heavy atom. The van der Waals surface area contributed by atoms with Gasteiger partial charge < -0.3 is 24.1 Å². The Balaban J connectivity index is 2.35. The fourth-order valence-electron chi connectivity index (χ4n) is 3.52. The minimum atomic E-state index is -5.53. The fraction of sp³-hybridized carbons (Fsp3) is 0.609. The molecule has 11 nitrogen and oxygen atoms in total. The Bertz CT molecular complexity index is 1290. The number of carbonyl (C=O) groups is 2. The van der Waals surface area contributed by atoms with Gasteiger partial charge in [0.2, 0.25) is 11.5 Å². The van der Waals surface area contributed by atoms with E-state index in [2.05, 4.69) is 15.2 Å². The largest absolute Gasteiger partial charge is 0.474 e. The Labute approximate surface area is 225 Å². The molecule has 1 aliphatic rings. The molecule has 3 rings (SSSR count). The standard InChI is InChI=1S/C23H26F6N4O7/c1-3-4-10-38-20(36)33(19(34)35)14-11-13(22(24,25)26)16-30-15(14)17-31-32-18(40-17)21(37,23(27,28)29)9-7-5-6-8-12(2)39-16/h11-12,37H,3-10H2,1-2H3,(H,34,35)/t12-,21-/m1/s1/i5D,7D/t5?,7?,12-,21-. The van der Waals surface area contributed by atoms with E-state index >= 15 is 0 Å². The molecule has 0 aliphatic carbocycles. The van der Waals surface area contributed by atoms with Gasteiger partial charge in [-0.1, -0.05) is 19.7 Å². The number of nitrogens with zero attached hydrogens (tertiary/aromatic N) is 4. The van der Waals surface area contributed by atoms with Gasteiger partial charge in [-0.3, -0.25) is 0 Å². The summed E-state index contributed by atoms with van der Waals surface area (Å²) in [7, 11) is 0. The number of unbranched alkanes of at least 4 members (excludes halogenated alkanes) is 1. The number of rotatable bonds is 4. The van der Waals surface area contributed by atoms with E-state index in [4.69, 9.17) is 16.6 Å². The van der Waals surface area contributed by atoms with Gasteiger partial charge in [0.25, 0.3) is 11.8 Å². The van der Waals surface area contributed by atoms with Crippen LogP contribution < -0.4 is 9.64 Å². The van der Waals surface area contributed by atoms with Crippen molar-refractivity contribution in [3.8, 4) is 17.5 Å². The number of imide groups is 1. The van der Waals surface area contributed by atoms with Crippen LogP contribution in [0.25, 0.3) is 11.6 Å². The predicted molar refractivity (Wildman–Crippen MR) is 122 cm³/mol. The summed E-state index contributed by atoms with van der Waals surface area (Å²) in [6.45, 7) is 2.67. The summed E-state index contributed by atoms with van der Waals surface area (Å²) in [6, 6.07) is 0.151. The molecule has 0 aromatic carbocycles. The van der Waals surface area contributed by atoms with Crippen LogP contribution in [0.5, 0.6) is 5.88 Å². The van der Waals surface area contributed by atoms with Gasteiger partial charge in [-0.15, -0.1) is 10.2 Å². The van der Waals surface area contributed by atoms with E-state index in [1.54, 1.807) is 6.92 Å². The predicted octanol–water partition coefficient (Wildman–Crippen LogP) is 6.05. The third-order valence-electron chi connectivity index (χ3n) is 5.69. The number of fused-ring (bicyclic) bond motifs is 5. The van der Waals surface area contributed by atoms with Gasteiger partial charge in [0.05, 0.1) is 18.4 Å². The van der Waals surface area contributed by atoms with E-state index in [1.165, 1.54) is 6.92 Å². The molecule has 40 heavy (non-hydrogen) atoms. The van der Waals surface area contributed by atoms with E-state index in [1.807, 2.05) is 0 Å². The van der Waals surface area contributed by atoms with E-state index in [0.717, 1.165) is 0 Å². The molecule has 0 radical (unpaired) electrons. The second-order valence-corrected chi connectivity index (χ2v) is 8.74. The second-order valence-electron chi connectivity index (χ2n) is 8.74. The Morgan fingerprint density at radius 2 is 1.95 bits per heavy atom. The lowest BCUT2D eigenvalue weighted by Crippen LogP contribution is -2.42. The van der Waals surface area contributed by atoms with Crippen LogP contribution in [0.4, 0.5) is 41.6 Å². The molecule has 0 fully saturated rings. The minimum absolute atomic E-state index is 0.151. The summed E-state index contributed by atoms with van der Waals surface area (Å²) in [5.41, 5.74) is -7.82. The average Bonchev–Trinajstić information content (AvgIpc) is 3.36. The van der Waals surface area contributed by atoms with Crippen molar-refractivity contribution in [1.82, 2.24) is 15.2 Å². The SMILES string of the molecule is [2H]C1CC[C@@H](C)Oc2nc(c(N(C(=O)O)C(=O)OCCCC)cc2C(F)(F)F)-c2nnc(o2)[C@@](O)(C(F)(F)F)CC1[2H]. The third-order valence-corrected chi connectivity index (χ3v) is 5.69. The zero-order chi connectivity index (χ0) is 31.6. The molecular weight excluding hydrogens is 558 g/mol. The Morgan fingerprint density at radius 3 is 2.55 bits per heavy atom. The van der Waals surface area contributed by atoms with Gasteiger partial charge in [0.15, 0.2) is 5.69 Å². The van der Waals surface area contributed by atoms with Crippen LogP contribution in [0.2, 0.25) is 0 Å². The maximum Gasteiger partial charge on any atom is 0.426 e. The zero-order valence-corrected chi connectivity index (χ0v) is 21.0. The highest BCUT2D eigenvalue weighted by atomic mass is 19.4. The summed E-state index contributed by atoms with van der Waals surface area (Å²) < 4.78 is 116. The van der Waals surface area contributed by atoms with E-state index < -0.39 is 90.1 Å². The number of alkyl halides is 6. The molecule has 2 unspecified atom stereocenters. The fourth-order valence-corrected chi connectivity index (χ4v) is 3.52. The highest BCUT2D eigenvalue weighted by molar-refractivity contribution is 6.10. The summed E-state index contributed by atoms with van der Waals surface area (Å²) in [5, 5.41) is 26.8. The number of hydrogen-bond donors (Lipinski definition) is 2. The zero-order valence-electron chi connectivity index (χ0n) is 23.0. The third kappa shape index (κ3) is 6.56. The summed E-state index contributed by atoms with van der Waals surface area (Å²) in [5.74, 6) is -3.85. The number of aromatic nitrogens is 3. The molecule has 4 atom stereocenters. The lowest BCUT2D eigenvalue weighted by atomic mass is 9.94. The molecule has 17 heteroatoms. The first kappa shape index (κ1) is 27.9. The number of ether oxygens (including phenoxy) is 2. The normalized spacial score (nSPS) is 24.7. The van der Waals surface area contributed by atoms with E-state index in [0.29, 0.717) is 6.42 Å². The maximum atomic E-state index is 14.1. The Hall–Kier alpha value is -3.63. The molecule has 2 amide bonds. The first-order valence-corrected chi connectivity index (χ1v) is 11.9. The molecule has 2 aromatic heterocycles. The number of carboxylic acid groups (broad SMARTS) is 1. The van der Waals surface area contributed by atoms with Crippen molar-refractivity contribution < 1.29 is 62.8 Å². The van der Waals surface area contributed by atoms with E-state index in [9.17, 15) is 46.1 Å².